The third-order valence-electron chi connectivity index (χ3n) is 4.41. The molecule has 152 valence electrons. The summed E-state index contributed by atoms with van der Waals surface area (Å²) in [6, 6.07) is 12.8. The summed E-state index contributed by atoms with van der Waals surface area (Å²) in [6.45, 7) is 1.89. The van der Waals surface area contributed by atoms with Gasteiger partial charge in [-0.2, -0.15) is 0 Å². The fraction of sp³-hybridized carbons (Fsp3) is 0.286. The number of amides is 2. The first-order valence-corrected chi connectivity index (χ1v) is 9.20. The summed E-state index contributed by atoms with van der Waals surface area (Å²) in [4.78, 5) is 37.9. The zero-order valence-electron chi connectivity index (χ0n) is 15.9. The highest BCUT2D eigenvalue weighted by atomic mass is 19.1. The number of carbonyl (C=O) groups excluding carboxylic acids is 3. The molecule has 29 heavy (non-hydrogen) atoms. The fourth-order valence-electron chi connectivity index (χ4n) is 2.90. The van der Waals surface area contributed by atoms with Crippen molar-refractivity contribution in [3.8, 4) is 5.75 Å². The molecule has 1 atom stereocenters. The van der Waals surface area contributed by atoms with E-state index in [0.29, 0.717) is 23.5 Å². The van der Waals surface area contributed by atoms with Crippen LogP contribution >= 0.6 is 0 Å². The number of nitrogens with one attached hydrogen (secondary N) is 1. The number of para-hydroxylation sites is 2. The van der Waals surface area contributed by atoms with Gasteiger partial charge < -0.3 is 19.7 Å². The van der Waals surface area contributed by atoms with Gasteiger partial charge >= 0.3 is 5.97 Å². The molecule has 0 radical (unpaired) electrons. The van der Waals surface area contributed by atoms with Gasteiger partial charge in [-0.25, -0.2) is 4.39 Å². The number of anilines is 1. The number of hydrogen-bond acceptors (Lipinski definition) is 5. The van der Waals surface area contributed by atoms with Gasteiger partial charge in [-0.3, -0.25) is 14.4 Å². The molecular weight excluding hydrogens is 379 g/mol. The van der Waals surface area contributed by atoms with Crippen molar-refractivity contribution < 1.29 is 28.2 Å². The third-order valence-corrected chi connectivity index (χ3v) is 4.41. The van der Waals surface area contributed by atoms with Gasteiger partial charge in [-0.05, 0) is 36.8 Å². The monoisotopic (exact) mass is 400 g/mol. The maximum absolute atomic E-state index is 13.3. The lowest BCUT2D eigenvalue weighted by Crippen LogP contribution is -2.39. The minimum absolute atomic E-state index is 0.204. The molecule has 8 heteroatoms. The number of hydrogen-bond donors (Lipinski definition) is 1. The van der Waals surface area contributed by atoms with Crippen LogP contribution in [0.3, 0.4) is 0 Å². The molecule has 2 aromatic carbocycles. The standard InChI is InChI=1S/C21H21FN2O5/c1-2-24(12-14-6-5-7-15(22)10-14)19(25)13-28-20(26)11-18-21(27)23-16-8-3-4-9-17(16)29-18/h3-10,18H,2,11-13H2,1H3,(H,23,27)/t18-/m0/s1. The highest BCUT2D eigenvalue weighted by molar-refractivity contribution is 5.99. The lowest BCUT2D eigenvalue weighted by Gasteiger charge is -2.25. The van der Waals surface area contributed by atoms with Crippen LogP contribution in [0.5, 0.6) is 5.75 Å². The van der Waals surface area contributed by atoms with Crippen LogP contribution in [0.2, 0.25) is 0 Å². The Morgan fingerprint density at radius 2 is 2.00 bits per heavy atom. The number of nitrogens with zero attached hydrogens (tertiary/aromatic N) is 1. The summed E-state index contributed by atoms with van der Waals surface area (Å²) in [5, 5.41) is 2.66. The number of benzene rings is 2. The summed E-state index contributed by atoms with van der Waals surface area (Å²) >= 11 is 0. The van der Waals surface area contributed by atoms with Gasteiger partial charge in [-0.15, -0.1) is 0 Å². The van der Waals surface area contributed by atoms with E-state index in [1.165, 1.54) is 17.0 Å². The molecule has 7 nitrogen and oxygen atoms in total. The van der Waals surface area contributed by atoms with E-state index in [0.717, 1.165) is 0 Å². The molecule has 0 aromatic heterocycles. The number of fused-ring (bicyclic) bond motifs is 1. The van der Waals surface area contributed by atoms with Crippen molar-refractivity contribution in [1.82, 2.24) is 4.90 Å². The Morgan fingerprint density at radius 1 is 1.21 bits per heavy atom. The summed E-state index contributed by atoms with van der Waals surface area (Å²) < 4.78 is 23.9. The van der Waals surface area contributed by atoms with Gasteiger partial charge in [0.05, 0.1) is 12.1 Å². The molecule has 1 aliphatic rings. The zero-order valence-corrected chi connectivity index (χ0v) is 15.9. The molecule has 0 aliphatic carbocycles. The molecule has 2 amide bonds. The number of ether oxygens (including phenoxy) is 2. The van der Waals surface area contributed by atoms with Gasteiger partial charge in [0, 0.05) is 13.1 Å². The largest absolute Gasteiger partial charge is 0.478 e. The molecule has 0 saturated carbocycles. The van der Waals surface area contributed by atoms with E-state index in [9.17, 15) is 18.8 Å². The van der Waals surface area contributed by atoms with Crippen LogP contribution in [-0.2, 0) is 25.7 Å². The van der Waals surface area contributed by atoms with Crippen molar-refractivity contribution in [1.29, 1.82) is 0 Å². The molecule has 1 heterocycles. The summed E-state index contributed by atoms with van der Waals surface area (Å²) in [7, 11) is 0. The number of likely N-dealkylation sites (N-methyl/N-ethyl adjacent to an activating group) is 1. The SMILES string of the molecule is CCN(Cc1cccc(F)c1)C(=O)COC(=O)C[C@@H]1Oc2ccccc2NC1=O. The molecule has 2 aromatic rings. The molecular formula is C21H21FN2O5. The fourth-order valence-corrected chi connectivity index (χ4v) is 2.90. The summed E-state index contributed by atoms with van der Waals surface area (Å²) in [6.07, 6.45) is -1.34. The first kappa shape index (κ1) is 20.3. The number of halogens is 1. The smallest absolute Gasteiger partial charge is 0.310 e. The van der Waals surface area contributed by atoms with E-state index in [1.807, 2.05) is 0 Å². The average molecular weight is 400 g/mol. The quantitative estimate of drug-likeness (QED) is 0.722. The molecule has 1 N–H and O–H groups in total. The Bertz CT molecular complexity index is 917. The predicted octanol–water partition coefficient (Wildman–Crippen LogP) is 2.51. The summed E-state index contributed by atoms with van der Waals surface area (Å²) in [5.74, 6) is -1.50. The van der Waals surface area contributed by atoms with Crippen molar-refractivity contribution >= 4 is 23.5 Å². The second-order valence-electron chi connectivity index (χ2n) is 6.49. The predicted molar refractivity (Wildman–Crippen MR) is 103 cm³/mol. The highest BCUT2D eigenvalue weighted by Gasteiger charge is 2.30. The van der Waals surface area contributed by atoms with E-state index >= 15 is 0 Å². The Kier molecular flexibility index (Phi) is 6.43. The van der Waals surface area contributed by atoms with Gasteiger partial charge in [0.2, 0.25) is 0 Å². The lowest BCUT2D eigenvalue weighted by molar-refractivity contribution is -0.154. The lowest BCUT2D eigenvalue weighted by atomic mass is 10.1. The van der Waals surface area contributed by atoms with Gasteiger partial charge in [0.15, 0.2) is 12.7 Å². The third kappa shape index (κ3) is 5.31. The second kappa shape index (κ2) is 9.18. The van der Waals surface area contributed by atoms with E-state index in [1.54, 1.807) is 43.3 Å². The number of carbonyl (C=O) groups is 3. The topological polar surface area (TPSA) is 84.9 Å². The van der Waals surface area contributed by atoms with Crippen molar-refractivity contribution in [2.45, 2.75) is 26.0 Å². The van der Waals surface area contributed by atoms with Crippen molar-refractivity contribution in [2.24, 2.45) is 0 Å². The van der Waals surface area contributed by atoms with Crippen LogP contribution in [0.15, 0.2) is 48.5 Å². The Hall–Kier alpha value is -3.42. The molecule has 0 saturated heterocycles. The Labute approximate surface area is 167 Å². The van der Waals surface area contributed by atoms with Crippen LogP contribution in [0.25, 0.3) is 0 Å². The average Bonchev–Trinajstić information content (AvgIpc) is 2.71. The summed E-state index contributed by atoms with van der Waals surface area (Å²) in [5.41, 5.74) is 1.17. The van der Waals surface area contributed by atoms with Gasteiger partial charge in [0.1, 0.15) is 11.6 Å². The normalized spacial score (nSPS) is 15.0. The maximum Gasteiger partial charge on any atom is 0.310 e. The van der Waals surface area contributed by atoms with E-state index < -0.39 is 30.5 Å². The first-order valence-electron chi connectivity index (χ1n) is 9.20. The Morgan fingerprint density at radius 3 is 2.76 bits per heavy atom. The minimum atomic E-state index is -1.03. The molecule has 0 unspecified atom stereocenters. The molecule has 0 spiro atoms. The molecule has 0 bridgehead atoms. The van der Waals surface area contributed by atoms with E-state index in [2.05, 4.69) is 5.32 Å². The van der Waals surface area contributed by atoms with Crippen molar-refractivity contribution in [3.05, 3.63) is 59.9 Å². The van der Waals surface area contributed by atoms with E-state index in [-0.39, 0.29) is 18.8 Å². The van der Waals surface area contributed by atoms with Crippen LogP contribution in [0, 0.1) is 5.82 Å². The highest BCUT2D eigenvalue weighted by Crippen LogP contribution is 2.29. The van der Waals surface area contributed by atoms with Crippen molar-refractivity contribution in [2.75, 3.05) is 18.5 Å². The number of rotatable bonds is 7. The number of esters is 1. The van der Waals surface area contributed by atoms with Crippen LogP contribution in [0.4, 0.5) is 10.1 Å². The second-order valence-corrected chi connectivity index (χ2v) is 6.49. The van der Waals surface area contributed by atoms with Crippen LogP contribution < -0.4 is 10.1 Å². The minimum Gasteiger partial charge on any atom is -0.478 e. The van der Waals surface area contributed by atoms with Crippen LogP contribution in [0.1, 0.15) is 18.9 Å². The molecule has 1 aliphatic heterocycles. The molecule has 0 fully saturated rings. The first-order chi connectivity index (χ1) is 14.0. The Balaban J connectivity index is 1.50. The maximum atomic E-state index is 13.3. The van der Waals surface area contributed by atoms with Crippen LogP contribution in [-0.4, -0.2) is 41.9 Å². The van der Waals surface area contributed by atoms with Gasteiger partial charge in [-0.1, -0.05) is 24.3 Å². The molecule has 3 rings (SSSR count). The zero-order chi connectivity index (χ0) is 20.8. The van der Waals surface area contributed by atoms with E-state index in [4.69, 9.17) is 9.47 Å². The van der Waals surface area contributed by atoms with Crippen molar-refractivity contribution in [3.63, 3.8) is 0 Å². The van der Waals surface area contributed by atoms with Gasteiger partial charge in [0.25, 0.3) is 11.8 Å².